The molecule has 2 heterocycles. The molecule has 59 heavy (non-hydrogen) atoms. The Morgan fingerprint density at radius 3 is 1.98 bits per heavy atom. The molecule has 0 N–H and O–H groups in total. The number of ether oxygens (including phenoxy) is 1. The second-order valence-electron chi connectivity index (χ2n) is 18.0. The third kappa shape index (κ3) is 4.80. The zero-order valence-electron chi connectivity index (χ0n) is 32.9. The summed E-state index contributed by atoms with van der Waals surface area (Å²) in [6, 6.07) is 57.2. The van der Waals surface area contributed by atoms with Gasteiger partial charge in [0.05, 0.1) is 5.41 Å². The van der Waals surface area contributed by atoms with Crippen LogP contribution in [-0.4, -0.2) is 15.0 Å². The monoisotopic (exact) mass is 761 g/mol. The zero-order valence-corrected chi connectivity index (χ0v) is 32.9. The molecule has 3 unspecified atom stereocenters. The first-order valence-corrected chi connectivity index (χ1v) is 21.6. The standard InChI is InChI=1S/C55H43N3O/c1-2-16-40-35(12-1)13-10-19-42(40)52-56-51(57-53(58-52)54-29-28-34(32-54)30-36-26-27-39(36)33-54)38-15-9-14-37(31-38)41-18-11-23-47-50(41)43-17-3-4-20-44(43)55(47)45-21-5-7-24-48(45)59-49-25-8-6-22-46(49)55/h1-25,31,34,36,39H,26-30,32-33H2/t34-,36?,39?,54?/m0/s1. The molecule has 1 aromatic heterocycles. The first kappa shape index (κ1) is 33.6. The van der Waals surface area contributed by atoms with Crippen molar-refractivity contribution in [3.8, 4) is 56.5 Å². The summed E-state index contributed by atoms with van der Waals surface area (Å²) in [6.07, 6.45) is 9.01. The maximum atomic E-state index is 6.61. The normalized spacial score (nSPS) is 22.6. The summed E-state index contributed by atoms with van der Waals surface area (Å²) in [5, 5.41) is 2.38. The summed E-state index contributed by atoms with van der Waals surface area (Å²) in [4.78, 5) is 16.5. The van der Waals surface area contributed by atoms with Gasteiger partial charge in [-0.25, -0.2) is 15.0 Å². The minimum atomic E-state index is -0.516. The summed E-state index contributed by atoms with van der Waals surface area (Å²) in [5.74, 6) is 6.84. The van der Waals surface area contributed by atoms with Crippen LogP contribution in [-0.2, 0) is 10.8 Å². The van der Waals surface area contributed by atoms with E-state index in [2.05, 4.69) is 158 Å². The fourth-order valence-corrected chi connectivity index (χ4v) is 12.3. The molecule has 13 rings (SSSR count). The Morgan fingerprint density at radius 1 is 0.492 bits per heavy atom. The molecule has 3 saturated carbocycles. The number of hydrogen-bond acceptors (Lipinski definition) is 4. The number of benzene rings is 7. The maximum Gasteiger partial charge on any atom is 0.164 e. The van der Waals surface area contributed by atoms with Crippen LogP contribution in [0.3, 0.4) is 0 Å². The van der Waals surface area contributed by atoms with E-state index in [0.29, 0.717) is 0 Å². The Morgan fingerprint density at radius 2 is 1.14 bits per heavy atom. The van der Waals surface area contributed by atoms with E-state index in [1.165, 1.54) is 94.7 Å². The van der Waals surface area contributed by atoms with Gasteiger partial charge in [-0.1, -0.05) is 140 Å². The second-order valence-corrected chi connectivity index (χ2v) is 18.0. The summed E-state index contributed by atoms with van der Waals surface area (Å²) in [5.41, 5.74) is 11.4. The van der Waals surface area contributed by atoms with Gasteiger partial charge in [-0.15, -0.1) is 0 Å². The van der Waals surface area contributed by atoms with Gasteiger partial charge in [0.25, 0.3) is 0 Å². The maximum absolute atomic E-state index is 6.61. The van der Waals surface area contributed by atoms with Crippen molar-refractivity contribution in [2.24, 2.45) is 17.8 Å². The molecule has 4 nitrogen and oxygen atoms in total. The number of rotatable bonds is 4. The predicted molar refractivity (Wildman–Crippen MR) is 235 cm³/mol. The van der Waals surface area contributed by atoms with E-state index in [-0.39, 0.29) is 5.41 Å². The van der Waals surface area contributed by atoms with Crippen LogP contribution in [0.1, 0.15) is 73.0 Å². The smallest absolute Gasteiger partial charge is 0.164 e. The molecule has 4 heteroatoms. The lowest BCUT2D eigenvalue weighted by Gasteiger charge is -2.41. The number of fused-ring (bicyclic) bond motifs is 13. The van der Waals surface area contributed by atoms with Crippen molar-refractivity contribution >= 4 is 10.8 Å². The van der Waals surface area contributed by atoms with E-state index in [9.17, 15) is 0 Å². The third-order valence-corrected chi connectivity index (χ3v) is 15.0. The zero-order chi connectivity index (χ0) is 38.7. The average Bonchev–Trinajstić information content (AvgIpc) is 3.82. The van der Waals surface area contributed by atoms with Crippen molar-refractivity contribution in [1.82, 2.24) is 15.0 Å². The van der Waals surface area contributed by atoms with Crippen molar-refractivity contribution in [3.05, 3.63) is 186 Å². The van der Waals surface area contributed by atoms with Gasteiger partial charge in [-0.05, 0) is 125 Å². The Kier molecular flexibility index (Phi) is 7.14. The van der Waals surface area contributed by atoms with Crippen molar-refractivity contribution in [1.29, 1.82) is 0 Å². The van der Waals surface area contributed by atoms with Gasteiger partial charge in [0, 0.05) is 27.7 Å². The summed E-state index contributed by atoms with van der Waals surface area (Å²) in [6.45, 7) is 0. The largest absolute Gasteiger partial charge is 0.457 e. The number of aromatic nitrogens is 3. The van der Waals surface area contributed by atoms with Crippen molar-refractivity contribution in [3.63, 3.8) is 0 Å². The van der Waals surface area contributed by atoms with Crippen LogP contribution in [0, 0.1) is 17.8 Å². The molecule has 1 aliphatic heterocycles. The SMILES string of the molecule is c1cc(-c2nc(-c3cccc4ccccc34)nc(C34CC[C@@H](CC5CCC5C3)C4)n2)cc(-c2cccc3c2-c2ccccc2C32c3ccccc3Oc3ccccc32)c1. The molecular formula is C55H43N3O. The van der Waals surface area contributed by atoms with Crippen LogP contribution in [0.15, 0.2) is 158 Å². The molecule has 7 aromatic carbocycles. The average molecular weight is 762 g/mol. The van der Waals surface area contributed by atoms with E-state index >= 15 is 0 Å². The van der Waals surface area contributed by atoms with E-state index < -0.39 is 5.41 Å². The minimum absolute atomic E-state index is 0.00765. The molecule has 3 fully saturated rings. The van der Waals surface area contributed by atoms with Gasteiger partial charge in [-0.3, -0.25) is 0 Å². The number of hydrogen-bond donors (Lipinski definition) is 0. The van der Waals surface area contributed by atoms with Gasteiger partial charge in [0.1, 0.15) is 17.3 Å². The quantitative estimate of drug-likeness (QED) is 0.179. The lowest BCUT2D eigenvalue weighted by Crippen LogP contribution is -2.34. The topological polar surface area (TPSA) is 47.9 Å². The third-order valence-electron chi connectivity index (χ3n) is 15.0. The lowest BCUT2D eigenvalue weighted by atomic mass is 9.65. The molecule has 0 saturated heterocycles. The molecule has 1 spiro atoms. The van der Waals surface area contributed by atoms with Crippen molar-refractivity contribution in [2.75, 3.05) is 0 Å². The minimum Gasteiger partial charge on any atom is -0.457 e. The van der Waals surface area contributed by atoms with Crippen molar-refractivity contribution < 1.29 is 4.74 Å². The summed E-state index contributed by atoms with van der Waals surface area (Å²) >= 11 is 0. The number of nitrogens with zero attached hydrogens (tertiary/aromatic N) is 3. The Bertz CT molecular complexity index is 2970. The fourth-order valence-electron chi connectivity index (χ4n) is 12.3. The highest BCUT2D eigenvalue weighted by Gasteiger charge is 2.53. The van der Waals surface area contributed by atoms with Gasteiger partial charge < -0.3 is 4.74 Å². The molecule has 0 amide bonds. The molecule has 2 bridgehead atoms. The molecular weight excluding hydrogens is 719 g/mol. The summed E-state index contributed by atoms with van der Waals surface area (Å²) in [7, 11) is 0. The van der Waals surface area contributed by atoms with Crippen LogP contribution >= 0.6 is 0 Å². The predicted octanol–water partition coefficient (Wildman–Crippen LogP) is 13.4. The van der Waals surface area contributed by atoms with Crippen LogP contribution in [0.25, 0.3) is 55.8 Å². The second kappa shape index (κ2) is 12.6. The molecule has 8 aromatic rings. The van der Waals surface area contributed by atoms with Crippen LogP contribution in [0.4, 0.5) is 0 Å². The highest BCUT2D eigenvalue weighted by Crippen LogP contribution is 2.63. The first-order chi connectivity index (χ1) is 29.2. The molecule has 0 radical (unpaired) electrons. The molecule has 4 atom stereocenters. The molecule has 284 valence electrons. The highest BCUT2D eigenvalue weighted by molar-refractivity contribution is 5.97. The van der Waals surface area contributed by atoms with Gasteiger partial charge in [0.15, 0.2) is 11.6 Å². The fraction of sp³-hybridized carbons (Fsp3) is 0.218. The van der Waals surface area contributed by atoms with Gasteiger partial charge in [-0.2, -0.15) is 0 Å². The molecule has 4 aliphatic carbocycles. The van der Waals surface area contributed by atoms with Gasteiger partial charge >= 0.3 is 0 Å². The molecule has 5 aliphatic rings. The van der Waals surface area contributed by atoms with Gasteiger partial charge in [0.2, 0.25) is 0 Å². The Labute approximate surface area is 345 Å². The van der Waals surface area contributed by atoms with Crippen LogP contribution in [0.2, 0.25) is 0 Å². The first-order valence-electron chi connectivity index (χ1n) is 21.6. The van der Waals surface area contributed by atoms with E-state index in [0.717, 1.165) is 63.4 Å². The van der Waals surface area contributed by atoms with E-state index in [1.807, 2.05) is 0 Å². The van der Waals surface area contributed by atoms with Crippen LogP contribution < -0.4 is 4.74 Å². The Hall–Kier alpha value is -6.39. The highest BCUT2D eigenvalue weighted by atomic mass is 16.5. The van der Waals surface area contributed by atoms with E-state index in [4.69, 9.17) is 19.7 Å². The Balaban J connectivity index is 1.01. The van der Waals surface area contributed by atoms with Crippen molar-refractivity contribution in [2.45, 2.75) is 55.8 Å². The van der Waals surface area contributed by atoms with E-state index in [1.54, 1.807) is 0 Å². The van der Waals surface area contributed by atoms with Crippen LogP contribution in [0.5, 0.6) is 11.5 Å². The number of para-hydroxylation sites is 2. The summed E-state index contributed by atoms with van der Waals surface area (Å²) < 4.78 is 6.61. The lowest BCUT2D eigenvalue weighted by molar-refractivity contribution is 0.121.